The summed E-state index contributed by atoms with van der Waals surface area (Å²) >= 11 is 0. The summed E-state index contributed by atoms with van der Waals surface area (Å²) in [6.45, 7) is 11.9. The molecule has 0 radical (unpaired) electrons. The molecule has 0 aliphatic heterocycles. The number of rotatable bonds is 76. The zero-order valence-corrected chi connectivity index (χ0v) is 65.3. The minimum Gasteiger partial charge on any atom is -0.462 e. The van der Waals surface area contributed by atoms with Crippen LogP contribution in [0.15, 0.2) is 0 Å². The zero-order valence-electron chi connectivity index (χ0n) is 63.5. The molecule has 19 heteroatoms. The summed E-state index contributed by atoms with van der Waals surface area (Å²) in [5.41, 5.74) is 0. The standard InChI is InChI=1S/C78H152O17P2/c1-8-9-10-11-12-28-38-45-52-59-75(80)88-65-73(95-78(83)62-55-48-41-34-27-26-31-37-44-51-58-71(6)7)67-92-96(84,85)90-63-72(79)64-91-97(86,87)93-68-74(66-89-76(81)60-53-46-39-32-25-21-23-30-36-43-50-57-70(4)5)94-77(82)61-54-47-40-33-24-20-18-16-14-13-15-17-19-22-29-35-42-49-56-69(2)3/h69-74,79H,8-68H2,1-7H3,(H,84,85)(H,86,87)/t72-,73+,74+/m0/s1. The molecular formula is C78H152O17P2. The first-order valence-electron chi connectivity index (χ1n) is 40.3. The molecule has 0 aromatic heterocycles. The van der Waals surface area contributed by atoms with Gasteiger partial charge in [-0.2, -0.15) is 0 Å². The summed E-state index contributed by atoms with van der Waals surface area (Å²) in [7, 11) is -9.91. The van der Waals surface area contributed by atoms with Gasteiger partial charge in [-0.05, 0) is 43.4 Å². The van der Waals surface area contributed by atoms with E-state index >= 15 is 0 Å². The van der Waals surface area contributed by atoms with Gasteiger partial charge < -0.3 is 33.8 Å². The van der Waals surface area contributed by atoms with E-state index in [1.807, 2.05) is 0 Å². The highest BCUT2D eigenvalue weighted by Crippen LogP contribution is 2.45. The first-order valence-corrected chi connectivity index (χ1v) is 43.3. The first kappa shape index (κ1) is 95.1. The van der Waals surface area contributed by atoms with Gasteiger partial charge in [-0.3, -0.25) is 37.3 Å². The van der Waals surface area contributed by atoms with Crippen LogP contribution in [0.5, 0.6) is 0 Å². The van der Waals surface area contributed by atoms with Crippen molar-refractivity contribution in [3.8, 4) is 0 Å². The summed E-state index contributed by atoms with van der Waals surface area (Å²) < 4.78 is 68.5. The third kappa shape index (κ3) is 72.2. The molecular weight excluding hydrogens is 1270 g/mol. The van der Waals surface area contributed by atoms with Crippen LogP contribution in [0.3, 0.4) is 0 Å². The Kier molecular flexibility index (Phi) is 67.1. The van der Waals surface area contributed by atoms with Crippen molar-refractivity contribution in [2.45, 2.75) is 420 Å². The van der Waals surface area contributed by atoms with E-state index in [1.165, 1.54) is 212 Å². The average Bonchev–Trinajstić information content (AvgIpc) is 1.19. The highest BCUT2D eigenvalue weighted by molar-refractivity contribution is 7.47. The second-order valence-corrected chi connectivity index (χ2v) is 32.4. The lowest BCUT2D eigenvalue weighted by Gasteiger charge is -2.21. The maximum absolute atomic E-state index is 13.1. The molecule has 0 saturated carbocycles. The number of unbranched alkanes of at least 4 members (excludes halogenated alkanes) is 44. The Morgan fingerprint density at radius 2 is 0.474 bits per heavy atom. The molecule has 2 unspecified atom stereocenters. The molecule has 0 fully saturated rings. The lowest BCUT2D eigenvalue weighted by molar-refractivity contribution is -0.161. The minimum absolute atomic E-state index is 0.106. The summed E-state index contributed by atoms with van der Waals surface area (Å²) in [6.07, 6.45) is 55.5. The molecule has 97 heavy (non-hydrogen) atoms. The van der Waals surface area contributed by atoms with E-state index in [4.69, 9.17) is 37.0 Å². The molecule has 0 aliphatic carbocycles. The van der Waals surface area contributed by atoms with Crippen LogP contribution in [-0.4, -0.2) is 96.7 Å². The van der Waals surface area contributed by atoms with Gasteiger partial charge in [0.1, 0.15) is 19.3 Å². The number of hydrogen-bond donors (Lipinski definition) is 3. The van der Waals surface area contributed by atoms with Crippen LogP contribution in [0.4, 0.5) is 0 Å². The van der Waals surface area contributed by atoms with Crippen molar-refractivity contribution in [3.63, 3.8) is 0 Å². The molecule has 0 spiro atoms. The van der Waals surface area contributed by atoms with Crippen LogP contribution in [0.1, 0.15) is 402 Å². The second-order valence-electron chi connectivity index (χ2n) is 29.5. The number of carbonyl (C=O) groups excluding carboxylic acids is 4. The molecule has 0 saturated heterocycles. The Balaban J connectivity index is 5.20. The molecule has 17 nitrogen and oxygen atoms in total. The molecule has 576 valence electrons. The third-order valence-corrected chi connectivity index (χ3v) is 20.0. The highest BCUT2D eigenvalue weighted by Gasteiger charge is 2.30. The largest absolute Gasteiger partial charge is 0.472 e. The Morgan fingerprint density at radius 1 is 0.278 bits per heavy atom. The monoisotopic (exact) mass is 1420 g/mol. The number of phosphoric ester groups is 2. The van der Waals surface area contributed by atoms with Gasteiger partial charge in [0, 0.05) is 25.7 Å². The molecule has 0 bridgehead atoms. The lowest BCUT2D eigenvalue weighted by atomic mass is 10.0. The van der Waals surface area contributed by atoms with Crippen LogP contribution >= 0.6 is 15.6 Å². The first-order chi connectivity index (χ1) is 46.7. The molecule has 0 aromatic rings. The van der Waals surface area contributed by atoms with E-state index in [1.54, 1.807) is 0 Å². The molecule has 0 heterocycles. The van der Waals surface area contributed by atoms with Gasteiger partial charge in [0.05, 0.1) is 26.4 Å². The Morgan fingerprint density at radius 3 is 0.701 bits per heavy atom. The van der Waals surface area contributed by atoms with Crippen LogP contribution in [0, 0.1) is 17.8 Å². The topological polar surface area (TPSA) is 237 Å². The van der Waals surface area contributed by atoms with E-state index in [0.717, 1.165) is 108 Å². The normalized spacial score (nSPS) is 14.0. The molecule has 0 amide bonds. The minimum atomic E-state index is -4.96. The SMILES string of the molecule is CCCCCCCCCCCC(=O)OC[C@H](COP(=O)(O)OC[C@H](O)COP(=O)(O)OC[C@@H](COC(=O)CCCCCCCCCCCCCC(C)C)OC(=O)CCCCCCCCCCCCCCCCCCCCC(C)C)OC(=O)CCCCCCCCCCCCC(C)C. The summed E-state index contributed by atoms with van der Waals surface area (Å²) in [5, 5.41) is 10.6. The fourth-order valence-electron chi connectivity index (χ4n) is 12.0. The van der Waals surface area contributed by atoms with Crippen molar-refractivity contribution in [2.75, 3.05) is 39.6 Å². The van der Waals surface area contributed by atoms with Gasteiger partial charge in [-0.1, -0.05) is 350 Å². The molecule has 0 aromatic carbocycles. The van der Waals surface area contributed by atoms with E-state index in [9.17, 15) is 43.2 Å². The van der Waals surface area contributed by atoms with Crippen molar-refractivity contribution in [3.05, 3.63) is 0 Å². The predicted octanol–water partition coefficient (Wildman–Crippen LogP) is 23.0. The third-order valence-electron chi connectivity index (χ3n) is 18.1. The average molecular weight is 1420 g/mol. The second kappa shape index (κ2) is 68.5. The van der Waals surface area contributed by atoms with Crippen LogP contribution in [0.25, 0.3) is 0 Å². The van der Waals surface area contributed by atoms with E-state index in [0.29, 0.717) is 25.7 Å². The zero-order chi connectivity index (χ0) is 71.6. The van der Waals surface area contributed by atoms with E-state index in [2.05, 4.69) is 48.5 Å². The summed E-state index contributed by atoms with van der Waals surface area (Å²) in [5.74, 6) is 0.227. The van der Waals surface area contributed by atoms with Crippen molar-refractivity contribution < 1.29 is 80.2 Å². The number of phosphoric acid groups is 2. The van der Waals surface area contributed by atoms with Gasteiger partial charge >= 0.3 is 39.5 Å². The Hall–Kier alpha value is -1.94. The number of hydrogen-bond acceptors (Lipinski definition) is 15. The van der Waals surface area contributed by atoms with Crippen molar-refractivity contribution in [1.82, 2.24) is 0 Å². The molecule has 0 aliphatic rings. The maximum Gasteiger partial charge on any atom is 0.472 e. The van der Waals surface area contributed by atoms with Crippen molar-refractivity contribution in [2.24, 2.45) is 17.8 Å². The quantitative estimate of drug-likeness (QED) is 0.0222. The summed E-state index contributed by atoms with van der Waals surface area (Å²) in [4.78, 5) is 72.8. The highest BCUT2D eigenvalue weighted by atomic mass is 31.2. The molecule has 5 atom stereocenters. The number of carbonyl (C=O) groups is 4. The fourth-order valence-corrected chi connectivity index (χ4v) is 13.5. The van der Waals surface area contributed by atoms with E-state index in [-0.39, 0.29) is 25.7 Å². The van der Waals surface area contributed by atoms with Crippen molar-refractivity contribution >= 4 is 39.5 Å². The molecule has 0 rings (SSSR count). The number of esters is 4. The maximum atomic E-state index is 13.1. The van der Waals surface area contributed by atoms with Gasteiger partial charge in [0.2, 0.25) is 0 Å². The number of ether oxygens (including phenoxy) is 4. The van der Waals surface area contributed by atoms with E-state index < -0.39 is 97.5 Å². The Labute approximate surface area is 594 Å². The smallest absolute Gasteiger partial charge is 0.462 e. The fraction of sp³-hybridized carbons (Fsp3) is 0.949. The van der Waals surface area contributed by atoms with Crippen molar-refractivity contribution in [1.29, 1.82) is 0 Å². The predicted molar refractivity (Wildman–Crippen MR) is 395 cm³/mol. The number of aliphatic hydroxyl groups is 1. The van der Waals surface area contributed by atoms with Crippen LogP contribution in [0.2, 0.25) is 0 Å². The molecule has 3 N–H and O–H groups in total. The van der Waals surface area contributed by atoms with Crippen LogP contribution < -0.4 is 0 Å². The van der Waals surface area contributed by atoms with Gasteiger partial charge in [-0.25, -0.2) is 9.13 Å². The lowest BCUT2D eigenvalue weighted by Crippen LogP contribution is -2.30. The van der Waals surface area contributed by atoms with Gasteiger partial charge in [0.15, 0.2) is 12.2 Å². The van der Waals surface area contributed by atoms with Gasteiger partial charge in [0.25, 0.3) is 0 Å². The van der Waals surface area contributed by atoms with Crippen LogP contribution in [-0.2, 0) is 65.4 Å². The Bertz CT molecular complexity index is 1890. The number of aliphatic hydroxyl groups excluding tert-OH is 1. The summed E-state index contributed by atoms with van der Waals surface area (Å²) in [6, 6.07) is 0. The van der Waals surface area contributed by atoms with Gasteiger partial charge in [-0.15, -0.1) is 0 Å².